The third-order valence-corrected chi connectivity index (χ3v) is 3.16. The average molecular weight is 266 g/mol. The highest BCUT2D eigenvalue weighted by Gasteiger charge is 2.04. The molecule has 2 aromatic heterocycles. The van der Waals surface area contributed by atoms with Gasteiger partial charge in [-0.15, -0.1) is 0 Å². The molecule has 1 aromatic carbocycles. The van der Waals surface area contributed by atoms with Crippen LogP contribution < -0.4 is 5.73 Å². The number of benzene rings is 1. The molecule has 0 unspecified atom stereocenters. The topological polar surface area (TPSA) is 73.8 Å². The van der Waals surface area contributed by atoms with Crippen molar-refractivity contribution in [3.8, 4) is 11.1 Å². The Morgan fingerprint density at radius 2 is 2.15 bits per heavy atom. The molecule has 2 heterocycles. The van der Waals surface area contributed by atoms with Gasteiger partial charge < -0.3 is 5.73 Å². The van der Waals surface area contributed by atoms with Gasteiger partial charge >= 0.3 is 0 Å². The summed E-state index contributed by atoms with van der Waals surface area (Å²) in [5.41, 5.74) is 8.20. The van der Waals surface area contributed by atoms with Crippen molar-refractivity contribution in [2.24, 2.45) is 5.73 Å². The van der Waals surface area contributed by atoms with E-state index in [0.29, 0.717) is 13.0 Å². The highest BCUT2D eigenvalue weighted by atomic mass is 16.1. The summed E-state index contributed by atoms with van der Waals surface area (Å²) in [6.07, 6.45) is 5.78. The number of carbonyl (C=O) groups excluding carboxylic acids is 1. The Bertz CT molecular complexity index is 763. The van der Waals surface area contributed by atoms with E-state index in [4.69, 9.17) is 5.73 Å². The van der Waals surface area contributed by atoms with E-state index in [0.717, 1.165) is 22.0 Å². The Labute approximate surface area is 116 Å². The van der Waals surface area contributed by atoms with Gasteiger partial charge in [-0.1, -0.05) is 12.1 Å². The number of hydrogen-bond acceptors (Lipinski definition) is 3. The van der Waals surface area contributed by atoms with Gasteiger partial charge in [-0.05, 0) is 23.8 Å². The van der Waals surface area contributed by atoms with Gasteiger partial charge in [-0.3, -0.25) is 14.5 Å². The number of pyridine rings is 1. The minimum absolute atomic E-state index is 0.294. The molecule has 2 N–H and O–H groups in total. The van der Waals surface area contributed by atoms with E-state index < -0.39 is 0 Å². The van der Waals surface area contributed by atoms with Crippen LogP contribution in [0.5, 0.6) is 0 Å². The summed E-state index contributed by atoms with van der Waals surface area (Å²) in [4.78, 5) is 15.1. The number of primary amides is 1. The van der Waals surface area contributed by atoms with Crippen molar-refractivity contribution in [1.29, 1.82) is 0 Å². The summed E-state index contributed by atoms with van der Waals surface area (Å²) in [7, 11) is 0. The zero-order valence-electron chi connectivity index (χ0n) is 10.9. The molecule has 0 saturated carbocycles. The molecule has 3 aromatic rings. The highest BCUT2D eigenvalue weighted by Crippen LogP contribution is 2.22. The maximum atomic E-state index is 10.8. The number of aromatic nitrogens is 3. The molecule has 0 aliphatic heterocycles. The van der Waals surface area contributed by atoms with Crippen molar-refractivity contribution < 1.29 is 4.79 Å². The molecule has 100 valence electrons. The van der Waals surface area contributed by atoms with E-state index >= 15 is 0 Å². The first-order chi connectivity index (χ1) is 9.72. The number of carbonyl (C=O) groups is 1. The van der Waals surface area contributed by atoms with Crippen molar-refractivity contribution in [3.05, 3.63) is 48.9 Å². The van der Waals surface area contributed by atoms with Crippen molar-refractivity contribution in [3.63, 3.8) is 0 Å². The average Bonchev–Trinajstić information content (AvgIpc) is 2.93. The number of hydrogen-bond donors (Lipinski definition) is 1. The first-order valence-electron chi connectivity index (χ1n) is 6.38. The third kappa shape index (κ3) is 2.51. The van der Waals surface area contributed by atoms with Gasteiger partial charge in [0.15, 0.2) is 0 Å². The van der Waals surface area contributed by atoms with Gasteiger partial charge in [0.25, 0.3) is 0 Å². The van der Waals surface area contributed by atoms with Crippen molar-refractivity contribution in [1.82, 2.24) is 14.8 Å². The molecule has 5 nitrogen and oxygen atoms in total. The smallest absolute Gasteiger partial charge is 0.219 e. The van der Waals surface area contributed by atoms with Crippen LogP contribution in [0.2, 0.25) is 0 Å². The third-order valence-electron chi connectivity index (χ3n) is 3.16. The lowest BCUT2D eigenvalue weighted by Gasteiger charge is -2.01. The van der Waals surface area contributed by atoms with Gasteiger partial charge in [0.2, 0.25) is 5.91 Å². The predicted octanol–water partition coefficient (Wildman–Crippen LogP) is 1.97. The van der Waals surface area contributed by atoms with Crippen LogP contribution in [0.4, 0.5) is 0 Å². The van der Waals surface area contributed by atoms with Crippen LogP contribution in [0.3, 0.4) is 0 Å². The molecule has 0 aliphatic carbocycles. The van der Waals surface area contributed by atoms with Crippen molar-refractivity contribution in [2.75, 3.05) is 0 Å². The molecule has 0 radical (unpaired) electrons. The Morgan fingerprint density at radius 3 is 3.00 bits per heavy atom. The van der Waals surface area contributed by atoms with E-state index in [1.54, 1.807) is 17.1 Å². The first kappa shape index (κ1) is 12.3. The fourth-order valence-electron chi connectivity index (χ4n) is 2.11. The van der Waals surface area contributed by atoms with Crippen LogP contribution in [-0.2, 0) is 11.3 Å². The fraction of sp³-hybridized carbons (Fsp3) is 0.133. The van der Waals surface area contributed by atoms with Crippen LogP contribution in [0, 0.1) is 0 Å². The second-order valence-corrected chi connectivity index (χ2v) is 4.62. The van der Waals surface area contributed by atoms with Crippen molar-refractivity contribution in [2.45, 2.75) is 13.0 Å². The number of nitrogens with two attached hydrogens (primary N) is 1. The van der Waals surface area contributed by atoms with Gasteiger partial charge in [-0.2, -0.15) is 5.10 Å². The number of fused-ring (bicyclic) bond motifs is 1. The number of aryl methyl sites for hydroxylation is 1. The zero-order valence-corrected chi connectivity index (χ0v) is 10.9. The van der Waals surface area contributed by atoms with Crippen LogP contribution in [0.1, 0.15) is 6.42 Å². The molecule has 0 aliphatic rings. The number of nitrogens with zero attached hydrogens (tertiary/aromatic N) is 3. The first-order valence-corrected chi connectivity index (χ1v) is 6.38. The SMILES string of the molecule is NC(=O)CCn1cc(-c2ccc3ncccc3c2)cn1. The Hall–Kier alpha value is -2.69. The second kappa shape index (κ2) is 5.13. The van der Waals surface area contributed by atoms with E-state index in [9.17, 15) is 4.79 Å². The number of amides is 1. The normalized spacial score (nSPS) is 10.8. The van der Waals surface area contributed by atoms with E-state index in [2.05, 4.69) is 16.1 Å². The van der Waals surface area contributed by atoms with Crippen LogP contribution in [0.25, 0.3) is 22.0 Å². The molecule has 3 rings (SSSR count). The monoisotopic (exact) mass is 266 g/mol. The van der Waals surface area contributed by atoms with Gasteiger partial charge in [0.1, 0.15) is 0 Å². The summed E-state index contributed by atoms with van der Waals surface area (Å²) >= 11 is 0. The fourth-order valence-corrected chi connectivity index (χ4v) is 2.11. The second-order valence-electron chi connectivity index (χ2n) is 4.62. The molecule has 0 bridgehead atoms. The lowest BCUT2D eigenvalue weighted by molar-refractivity contribution is -0.118. The van der Waals surface area contributed by atoms with Gasteiger partial charge in [0, 0.05) is 36.3 Å². The molecule has 0 saturated heterocycles. The lowest BCUT2D eigenvalue weighted by Crippen LogP contribution is -2.13. The quantitative estimate of drug-likeness (QED) is 0.784. The molecular weight excluding hydrogens is 252 g/mol. The summed E-state index contributed by atoms with van der Waals surface area (Å²) in [5, 5.41) is 5.33. The van der Waals surface area contributed by atoms with Gasteiger partial charge in [-0.25, -0.2) is 0 Å². The van der Waals surface area contributed by atoms with Crippen molar-refractivity contribution >= 4 is 16.8 Å². The summed E-state index contributed by atoms with van der Waals surface area (Å²) in [5.74, 6) is -0.321. The molecule has 0 spiro atoms. The summed E-state index contributed by atoms with van der Waals surface area (Å²) in [6.45, 7) is 0.504. The minimum atomic E-state index is -0.321. The molecular formula is C15H14N4O. The van der Waals surface area contributed by atoms with E-state index in [1.807, 2.05) is 30.5 Å². The Kier molecular flexibility index (Phi) is 3.16. The Balaban J connectivity index is 1.89. The molecule has 0 atom stereocenters. The largest absolute Gasteiger partial charge is 0.370 e. The maximum Gasteiger partial charge on any atom is 0.219 e. The van der Waals surface area contributed by atoms with E-state index in [-0.39, 0.29) is 5.91 Å². The van der Waals surface area contributed by atoms with E-state index in [1.165, 1.54) is 0 Å². The predicted molar refractivity (Wildman–Crippen MR) is 76.8 cm³/mol. The molecule has 1 amide bonds. The Morgan fingerprint density at radius 1 is 1.25 bits per heavy atom. The standard InChI is InChI=1S/C15H14N4O/c16-15(20)5-7-19-10-13(9-18-19)11-3-4-14-12(8-11)2-1-6-17-14/h1-4,6,8-10H,5,7H2,(H2,16,20). The molecule has 20 heavy (non-hydrogen) atoms. The molecule has 0 fully saturated rings. The van der Waals surface area contributed by atoms with Gasteiger partial charge in [0.05, 0.1) is 11.7 Å². The minimum Gasteiger partial charge on any atom is -0.370 e. The number of rotatable bonds is 4. The van der Waals surface area contributed by atoms with Crippen LogP contribution >= 0.6 is 0 Å². The lowest BCUT2D eigenvalue weighted by atomic mass is 10.1. The van der Waals surface area contributed by atoms with Crippen LogP contribution in [0.15, 0.2) is 48.9 Å². The summed E-state index contributed by atoms with van der Waals surface area (Å²) in [6, 6.07) is 10.0. The maximum absolute atomic E-state index is 10.8. The summed E-state index contributed by atoms with van der Waals surface area (Å²) < 4.78 is 1.73. The zero-order chi connectivity index (χ0) is 13.9. The van der Waals surface area contributed by atoms with Crippen LogP contribution in [-0.4, -0.2) is 20.7 Å². The molecule has 5 heteroatoms. The highest BCUT2D eigenvalue weighted by molar-refractivity contribution is 5.84.